The molecule has 0 aromatic rings. The smallest absolute Gasteiger partial charge is 0.334 e. The largest absolute Gasteiger partial charge is 0.462 e. The Labute approximate surface area is 276 Å². The number of hydrogen-bond donors (Lipinski definition) is 0. The van der Waals surface area contributed by atoms with E-state index in [0.29, 0.717) is 24.0 Å². The van der Waals surface area contributed by atoms with Crippen LogP contribution < -0.4 is 0 Å². The van der Waals surface area contributed by atoms with Crippen LogP contribution in [-0.2, 0) is 52.3 Å². The molecule has 0 spiro atoms. The zero-order valence-corrected chi connectivity index (χ0v) is 28.9. The number of allylic oxidation sites excluding steroid dienone is 2. The van der Waals surface area contributed by atoms with Crippen LogP contribution in [0.25, 0.3) is 0 Å². The SMILES string of the molecule is CC=C(C)C(=O)O[C@@H]1[C@@H]2OC[C@]3(C)[C@H](OC(C)=O)C[C@H](OC(C)=O)[C@@](C)([C@@H]23)[C@H]2C[C@H](OC)O[C@H]3C[C@@H](C4=CCOC4=O)C(C)=C3[C@]12C. The van der Waals surface area contributed by atoms with Crippen LogP contribution >= 0.6 is 0 Å². The maximum absolute atomic E-state index is 13.7. The number of rotatable bonds is 6. The monoisotopic (exact) mass is 656 g/mol. The first-order valence-electron chi connectivity index (χ1n) is 16.7. The Kier molecular flexibility index (Phi) is 8.53. The normalized spacial score (nSPS) is 44.0. The number of hydrogen-bond acceptors (Lipinski definition) is 11. The van der Waals surface area contributed by atoms with Crippen molar-refractivity contribution in [2.75, 3.05) is 20.3 Å². The van der Waals surface area contributed by atoms with Gasteiger partial charge in [-0.25, -0.2) is 9.59 Å². The lowest BCUT2D eigenvalue weighted by Crippen LogP contribution is -2.72. The van der Waals surface area contributed by atoms with E-state index < -0.39 is 71.0 Å². The maximum Gasteiger partial charge on any atom is 0.334 e. The van der Waals surface area contributed by atoms with E-state index in [4.69, 9.17) is 33.2 Å². The molecule has 3 aliphatic carbocycles. The molecule has 0 aromatic carbocycles. The van der Waals surface area contributed by atoms with Crippen molar-refractivity contribution < 1.29 is 52.3 Å². The number of cyclic esters (lactones) is 1. The Morgan fingerprint density at radius 2 is 1.66 bits per heavy atom. The fraction of sp³-hybridized carbons (Fsp3) is 0.722. The highest BCUT2D eigenvalue weighted by molar-refractivity contribution is 5.92. The molecule has 0 N–H and O–H groups in total. The van der Waals surface area contributed by atoms with E-state index in [2.05, 4.69) is 20.8 Å². The summed E-state index contributed by atoms with van der Waals surface area (Å²) in [5, 5.41) is 0. The van der Waals surface area contributed by atoms with E-state index in [1.54, 1.807) is 27.0 Å². The van der Waals surface area contributed by atoms with Crippen LogP contribution in [0.15, 0.2) is 34.4 Å². The third-order valence-corrected chi connectivity index (χ3v) is 12.6. The van der Waals surface area contributed by atoms with Gasteiger partial charge in [0.25, 0.3) is 0 Å². The van der Waals surface area contributed by atoms with Crippen LogP contribution in [0.5, 0.6) is 0 Å². The third-order valence-electron chi connectivity index (χ3n) is 12.6. The molecule has 6 aliphatic rings. The second-order valence-corrected chi connectivity index (χ2v) is 14.9. The van der Waals surface area contributed by atoms with Crippen LogP contribution in [0.2, 0.25) is 0 Å². The number of methoxy groups -OCH3 is 1. The van der Waals surface area contributed by atoms with Crippen molar-refractivity contribution in [2.45, 2.75) is 111 Å². The highest BCUT2D eigenvalue weighted by Crippen LogP contribution is 2.72. The molecule has 47 heavy (non-hydrogen) atoms. The molecule has 4 fully saturated rings. The number of esters is 4. The van der Waals surface area contributed by atoms with Gasteiger partial charge in [0.15, 0.2) is 6.29 Å². The molecular formula is C36H48O11. The summed E-state index contributed by atoms with van der Waals surface area (Å²) in [6, 6.07) is 0. The molecule has 0 bridgehead atoms. The van der Waals surface area contributed by atoms with Crippen molar-refractivity contribution in [1.29, 1.82) is 0 Å². The van der Waals surface area contributed by atoms with Crippen LogP contribution in [0.4, 0.5) is 0 Å². The second kappa shape index (κ2) is 11.8. The van der Waals surface area contributed by atoms with Gasteiger partial charge in [0.2, 0.25) is 0 Å². The second-order valence-electron chi connectivity index (χ2n) is 14.9. The fourth-order valence-electron chi connectivity index (χ4n) is 10.6. The molecule has 2 saturated heterocycles. The van der Waals surface area contributed by atoms with Crippen LogP contribution in [-0.4, -0.2) is 81.0 Å². The summed E-state index contributed by atoms with van der Waals surface area (Å²) in [4.78, 5) is 51.8. The molecular weight excluding hydrogens is 608 g/mol. The van der Waals surface area contributed by atoms with Gasteiger partial charge in [-0.1, -0.05) is 32.4 Å². The minimum atomic E-state index is -0.905. The van der Waals surface area contributed by atoms with E-state index in [1.807, 2.05) is 13.0 Å². The molecule has 2 saturated carbocycles. The molecule has 3 heterocycles. The average Bonchev–Trinajstić information content (AvgIpc) is 3.67. The summed E-state index contributed by atoms with van der Waals surface area (Å²) in [5.74, 6) is -2.60. The third kappa shape index (κ3) is 4.93. The minimum absolute atomic E-state index is 0.226. The topological polar surface area (TPSA) is 133 Å². The first kappa shape index (κ1) is 33.9. The highest BCUT2D eigenvalue weighted by atomic mass is 16.7. The number of carbonyl (C=O) groups is 4. The molecule has 0 radical (unpaired) electrons. The molecule has 0 amide bonds. The first-order valence-corrected chi connectivity index (χ1v) is 16.7. The average molecular weight is 657 g/mol. The zero-order chi connectivity index (χ0) is 34.2. The molecule has 0 aromatic heterocycles. The fourth-order valence-corrected chi connectivity index (χ4v) is 10.6. The van der Waals surface area contributed by atoms with E-state index >= 15 is 0 Å². The van der Waals surface area contributed by atoms with Gasteiger partial charge in [-0.05, 0) is 44.8 Å². The van der Waals surface area contributed by atoms with Crippen LogP contribution in [0, 0.1) is 34.0 Å². The Bertz CT molecular complexity index is 1460. The van der Waals surface area contributed by atoms with E-state index in [-0.39, 0.29) is 43.4 Å². The number of fused-ring (bicyclic) bond motifs is 4. The predicted molar refractivity (Wildman–Crippen MR) is 166 cm³/mol. The minimum Gasteiger partial charge on any atom is -0.462 e. The lowest BCUT2D eigenvalue weighted by molar-refractivity contribution is -0.262. The maximum atomic E-state index is 13.7. The number of ether oxygens (including phenoxy) is 7. The van der Waals surface area contributed by atoms with E-state index in [0.717, 1.165) is 11.1 Å². The standard InChI is InChI=1S/C36H48O11/c1-10-17(2)32(39)47-31-29-30-34(6,16-43-29)25(44-19(4)37)15-26(45-20(5)38)35(30,7)24-14-27(41-9)46-23-13-22(21-11-12-42-33(21)40)18(3)28(23)36(24,31)8/h10-11,22-27,29-31H,12-16H2,1-9H3/t22-,23+,24-,25-,26+,27-,29-,30+,31-,34-,35+,36-/m1/s1. The van der Waals surface area contributed by atoms with Crippen molar-refractivity contribution in [2.24, 2.45) is 34.0 Å². The Morgan fingerprint density at radius 1 is 0.979 bits per heavy atom. The van der Waals surface area contributed by atoms with Gasteiger partial charge >= 0.3 is 23.9 Å². The number of carbonyl (C=O) groups excluding carboxylic acids is 4. The summed E-state index contributed by atoms with van der Waals surface area (Å²) in [6.07, 6.45) is 0.978. The van der Waals surface area contributed by atoms with Gasteiger partial charge in [0.05, 0.1) is 18.8 Å². The van der Waals surface area contributed by atoms with Crippen molar-refractivity contribution in [3.63, 3.8) is 0 Å². The van der Waals surface area contributed by atoms with Gasteiger partial charge in [-0.15, -0.1) is 0 Å². The summed E-state index contributed by atoms with van der Waals surface area (Å²) in [7, 11) is 1.61. The van der Waals surface area contributed by atoms with Gasteiger partial charge in [0.1, 0.15) is 24.9 Å². The predicted octanol–water partition coefficient (Wildman–Crippen LogP) is 4.38. The Balaban J connectivity index is 1.61. The Morgan fingerprint density at radius 3 is 2.26 bits per heavy atom. The molecule has 11 heteroatoms. The van der Waals surface area contributed by atoms with Crippen molar-refractivity contribution in [3.8, 4) is 0 Å². The van der Waals surface area contributed by atoms with Gasteiger partial charge in [0, 0.05) is 73.0 Å². The molecule has 0 unspecified atom stereocenters. The summed E-state index contributed by atoms with van der Waals surface area (Å²) >= 11 is 0. The van der Waals surface area contributed by atoms with Crippen LogP contribution in [0.1, 0.15) is 74.7 Å². The molecule has 12 atom stereocenters. The quantitative estimate of drug-likeness (QED) is 0.175. The lowest BCUT2D eigenvalue weighted by Gasteiger charge is -2.66. The van der Waals surface area contributed by atoms with Gasteiger partial charge < -0.3 is 33.2 Å². The van der Waals surface area contributed by atoms with Gasteiger partial charge in [-0.2, -0.15) is 0 Å². The molecule has 11 nitrogen and oxygen atoms in total. The van der Waals surface area contributed by atoms with Gasteiger partial charge in [-0.3, -0.25) is 9.59 Å². The highest BCUT2D eigenvalue weighted by Gasteiger charge is 2.77. The van der Waals surface area contributed by atoms with Crippen LogP contribution in [0.3, 0.4) is 0 Å². The summed E-state index contributed by atoms with van der Waals surface area (Å²) in [6.45, 7) is 15.1. The lowest BCUT2D eigenvalue weighted by atomic mass is 9.39. The van der Waals surface area contributed by atoms with Crippen molar-refractivity contribution >= 4 is 23.9 Å². The van der Waals surface area contributed by atoms with E-state index in [1.165, 1.54) is 13.8 Å². The van der Waals surface area contributed by atoms with E-state index in [9.17, 15) is 19.2 Å². The Hall–Kier alpha value is -3.02. The zero-order valence-electron chi connectivity index (χ0n) is 28.9. The first-order chi connectivity index (χ1) is 22.1. The van der Waals surface area contributed by atoms with Crippen molar-refractivity contribution in [1.82, 2.24) is 0 Å². The summed E-state index contributed by atoms with van der Waals surface area (Å²) < 4.78 is 43.6. The molecule has 6 rings (SSSR count). The summed E-state index contributed by atoms with van der Waals surface area (Å²) in [5.41, 5.74) is 0.623. The molecule has 3 aliphatic heterocycles. The van der Waals surface area contributed by atoms with Crippen molar-refractivity contribution in [3.05, 3.63) is 34.4 Å². The molecule has 258 valence electrons.